The minimum absolute atomic E-state index is 0.785. The Bertz CT molecular complexity index is 1170. The van der Waals surface area contributed by atoms with Gasteiger partial charge in [0.1, 0.15) is 0 Å². The van der Waals surface area contributed by atoms with Crippen LogP contribution in [0, 0.1) is 23.7 Å². The maximum Gasteiger partial charge on any atom is 0.0740 e. The lowest BCUT2D eigenvalue weighted by atomic mass is 10.0. The highest BCUT2D eigenvalue weighted by molar-refractivity contribution is 7.78. The topological polar surface area (TPSA) is 12.4 Å². The Morgan fingerprint density at radius 3 is 1.97 bits per heavy atom. The summed E-state index contributed by atoms with van der Waals surface area (Å²) in [4.78, 5) is 3.96. The van der Waals surface area contributed by atoms with Crippen molar-refractivity contribution < 1.29 is 0 Å². The van der Waals surface area contributed by atoms with E-state index in [2.05, 4.69) is 96.3 Å². The minimum Gasteiger partial charge on any atom is -0.195 e. The van der Waals surface area contributed by atoms with Crippen LogP contribution in [0.3, 0.4) is 0 Å². The van der Waals surface area contributed by atoms with Crippen LogP contribution in [-0.4, -0.2) is 5.16 Å². The lowest BCUT2D eigenvalue weighted by molar-refractivity contribution is 0.922. The maximum absolute atomic E-state index is 4.63. The zero-order valence-corrected chi connectivity index (χ0v) is 18.1. The van der Waals surface area contributed by atoms with E-state index in [1.807, 2.05) is 30.3 Å². The summed E-state index contributed by atoms with van der Waals surface area (Å²) in [6, 6.07) is 22.4. The van der Waals surface area contributed by atoms with Crippen molar-refractivity contribution in [1.82, 2.24) is 0 Å². The molecule has 3 aromatic carbocycles. The highest BCUT2D eigenvalue weighted by atomic mass is 32.1. The number of rotatable bonds is 4. The molecule has 30 heavy (non-hydrogen) atoms. The molecule has 146 valence electrons. The predicted octanol–water partition coefficient (Wildman–Crippen LogP) is 6.74. The summed E-state index contributed by atoms with van der Waals surface area (Å²) in [5.41, 5.74) is 7.38. The largest absolute Gasteiger partial charge is 0.195 e. The fourth-order valence-electron chi connectivity index (χ4n) is 3.09. The first-order valence-electron chi connectivity index (χ1n) is 10.2. The smallest absolute Gasteiger partial charge is 0.0740 e. The molecule has 0 saturated carbocycles. The molecule has 0 heterocycles. The van der Waals surface area contributed by atoms with Crippen molar-refractivity contribution in [3.05, 3.63) is 100 Å². The molecule has 2 heteroatoms. The van der Waals surface area contributed by atoms with E-state index in [1.165, 1.54) is 11.1 Å². The van der Waals surface area contributed by atoms with E-state index in [9.17, 15) is 0 Å². The zero-order chi connectivity index (χ0) is 21.2. The lowest BCUT2D eigenvalue weighted by Gasteiger charge is -2.02. The van der Waals surface area contributed by atoms with E-state index in [4.69, 9.17) is 0 Å². The molecule has 0 aliphatic heterocycles. The van der Waals surface area contributed by atoms with Crippen molar-refractivity contribution in [1.29, 1.82) is 0 Å². The van der Waals surface area contributed by atoms with Crippen LogP contribution in [0.4, 0.5) is 5.69 Å². The summed E-state index contributed by atoms with van der Waals surface area (Å²) in [6.07, 6.45) is 3.18. The van der Waals surface area contributed by atoms with E-state index in [0.29, 0.717) is 0 Å². The van der Waals surface area contributed by atoms with E-state index in [0.717, 1.165) is 47.2 Å². The van der Waals surface area contributed by atoms with Crippen molar-refractivity contribution >= 4 is 23.1 Å². The minimum atomic E-state index is 0.785. The van der Waals surface area contributed by atoms with Gasteiger partial charge in [-0.25, -0.2) is 0 Å². The fraction of sp³-hybridized carbons (Fsp3) is 0.179. The number of hydrogen-bond donors (Lipinski definition) is 0. The maximum atomic E-state index is 4.63. The van der Waals surface area contributed by atoms with Gasteiger partial charge in [0.05, 0.1) is 10.8 Å². The van der Waals surface area contributed by atoms with Crippen LogP contribution in [0.1, 0.15) is 53.6 Å². The summed E-state index contributed by atoms with van der Waals surface area (Å²) in [5.74, 6) is 13.1. The van der Waals surface area contributed by atoms with E-state index in [1.54, 1.807) is 0 Å². The van der Waals surface area contributed by atoms with Crippen molar-refractivity contribution in [3.63, 3.8) is 0 Å². The third-order valence-electron chi connectivity index (χ3n) is 4.71. The first kappa shape index (κ1) is 21.3. The Morgan fingerprint density at radius 2 is 1.33 bits per heavy atom. The van der Waals surface area contributed by atoms with Crippen molar-refractivity contribution in [2.75, 3.05) is 0 Å². The fourth-order valence-corrected chi connectivity index (χ4v) is 3.19. The van der Waals surface area contributed by atoms with Gasteiger partial charge in [-0.05, 0) is 90.8 Å². The van der Waals surface area contributed by atoms with Gasteiger partial charge in [-0.15, -0.1) is 0 Å². The number of benzene rings is 3. The normalized spacial score (nSPS) is 9.53. The molecule has 1 nitrogen and oxygen atoms in total. The third-order valence-corrected chi connectivity index (χ3v) is 4.80. The first-order valence-corrected chi connectivity index (χ1v) is 10.6. The number of hydrogen-bond acceptors (Lipinski definition) is 2. The Morgan fingerprint density at radius 1 is 0.733 bits per heavy atom. The molecule has 0 atom stereocenters. The van der Waals surface area contributed by atoms with Gasteiger partial charge in [0, 0.05) is 22.3 Å². The molecule has 0 N–H and O–H groups in total. The second kappa shape index (κ2) is 10.9. The van der Waals surface area contributed by atoms with E-state index >= 15 is 0 Å². The average Bonchev–Trinajstić information content (AvgIpc) is 2.79. The van der Waals surface area contributed by atoms with Crippen molar-refractivity contribution in [3.8, 4) is 23.7 Å². The molecule has 0 aromatic heterocycles. The quantitative estimate of drug-likeness (QED) is 0.266. The monoisotopic (exact) mass is 405 g/mol. The molecule has 0 aliphatic carbocycles. The van der Waals surface area contributed by atoms with Gasteiger partial charge < -0.3 is 0 Å². The zero-order valence-electron chi connectivity index (χ0n) is 17.3. The molecule has 0 fully saturated rings. The van der Waals surface area contributed by atoms with Gasteiger partial charge in [-0.2, -0.15) is 4.99 Å². The second-order valence-electron chi connectivity index (χ2n) is 6.92. The molecule has 0 amide bonds. The average molecular weight is 406 g/mol. The van der Waals surface area contributed by atoms with Crippen LogP contribution < -0.4 is 0 Å². The highest BCUT2D eigenvalue weighted by Gasteiger charge is 2.00. The molecule has 3 rings (SSSR count). The molecule has 0 spiro atoms. The Kier molecular flexibility index (Phi) is 7.77. The van der Waals surface area contributed by atoms with Gasteiger partial charge in [0.25, 0.3) is 0 Å². The molecule has 0 aliphatic rings. The van der Waals surface area contributed by atoms with Crippen LogP contribution in [0.2, 0.25) is 0 Å². The molecule has 0 saturated heterocycles. The van der Waals surface area contributed by atoms with Gasteiger partial charge in [-0.3, -0.25) is 0 Å². The Labute approximate surface area is 184 Å². The van der Waals surface area contributed by atoms with Crippen LogP contribution in [0.15, 0.2) is 71.7 Å². The predicted molar refractivity (Wildman–Crippen MR) is 129 cm³/mol. The number of thiocarbonyl (C=S) groups is 1. The summed E-state index contributed by atoms with van der Waals surface area (Å²) in [6.45, 7) is 4.34. The number of nitrogens with zero attached hydrogens (tertiary/aromatic N) is 1. The van der Waals surface area contributed by atoms with Crippen LogP contribution in [0.5, 0.6) is 0 Å². The summed E-state index contributed by atoms with van der Waals surface area (Å²) >= 11 is 4.63. The molecule has 0 bridgehead atoms. The molecular weight excluding hydrogens is 382 g/mol. The van der Waals surface area contributed by atoms with Gasteiger partial charge in [0.2, 0.25) is 0 Å². The standard InChI is InChI=1S/C28H23NS/c1-3-5-22-6-8-23(9-7-22)10-11-25-13-17-27(26(4-2)20-25)16-12-24-14-18-28(19-15-24)29-21-30/h6-9,13-15,17-20H,3-5H2,1-2H3. The van der Waals surface area contributed by atoms with Gasteiger partial charge >= 0.3 is 0 Å². The van der Waals surface area contributed by atoms with Crippen molar-refractivity contribution in [2.45, 2.75) is 33.1 Å². The lowest BCUT2D eigenvalue weighted by Crippen LogP contribution is -1.89. The summed E-state index contributed by atoms with van der Waals surface area (Å²) < 4.78 is 0. The van der Waals surface area contributed by atoms with Crippen LogP contribution in [-0.2, 0) is 12.8 Å². The summed E-state index contributed by atoms with van der Waals surface area (Å²) in [5, 5.41) is 2.37. The first-order chi connectivity index (χ1) is 14.7. The number of isothiocyanates is 1. The summed E-state index contributed by atoms with van der Waals surface area (Å²) in [7, 11) is 0. The molecule has 3 aromatic rings. The van der Waals surface area contributed by atoms with E-state index in [-0.39, 0.29) is 0 Å². The molecule has 0 radical (unpaired) electrons. The van der Waals surface area contributed by atoms with E-state index < -0.39 is 0 Å². The van der Waals surface area contributed by atoms with Crippen LogP contribution >= 0.6 is 12.2 Å². The number of aliphatic imine (C=N–C) groups is 1. The van der Waals surface area contributed by atoms with Gasteiger partial charge in [0.15, 0.2) is 0 Å². The third kappa shape index (κ3) is 6.04. The van der Waals surface area contributed by atoms with Crippen LogP contribution in [0.25, 0.3) is 0 Å². The SMILES string of the molecule is CCCc1ccc(C#Cc2ccc(C#Cc3ccc(N=C=S)cc3)c(CC)c2)cc1. The Hall–Kier alpha value is -3.42. The highest BCUT2D eigenvalue weighted by Crippen LogP contribution is 2.14. The van der Waals surface area contributed by atoms with Crippen molar-refractivity contribution in [2.24, 2.45) is 4.99 Å². The van der Waals surface area contributed by atoms with Gasteiger partial charge in [-0.1, -0.05) is 56.1 Å². The molecular formula is C28H23NS. The molecule has 0 unspecified atom stereocenters. The Balaban J connectivity index is 1.78. The number of aryl methyl sites for hydroxylation is 2. The second-order valence-corrected chi connectivity index (χ2v) is 7.10.